The van der Waals surface area contributed by atoms with Gasteiger partial charge in [0.2, 0.25) is 11.8 Å². The van der Waals surface area contributed by atoms with Crippen molar-refractivity contribution >= 4 is 23.4 Å². The van der Waals surface area contributed by atoms with Crippen LogP contribution in [0.15, 0.2) is 24.3 Å². The van der Waals surface area contributed by atoms with Gasteiger partial charge in [0, 0.05) is 25.0 Å². The Kier molecular flexibility index (Phi) is 3.87. The molecule has 5 heteroatoms. The van der Waals surface area contributed by atoms with E-state index >= 15 is 0 Å². The summed E-state index contributed by atoms with van der Waals surface area (Å²) in [7, 11) is 1.74. The highest BCUT2D eigenvalue weighted by Crippen LogP contribution is 2.13. The number of rotatable bonds is 3. The van der Waals surface area contributed by atoms with Gasteiger partial charge < -0.3 is 10.2 Å². The molecule has 1 unspecified atom stereocenters. The number of carbonyl (C=O) groups excluding carboxylic acids is 2. The average Bonchev–Trinajstić information content (AvgIpc) is 2.78. The van der Waals surface area contributed by atoms with Crippen molar-refractivity contribution in [2.75, 3.05) is 7.05 Å². The van der Waals surface area contributed by atoms with Crippen molar-refractivity contribution in [2.24, 2.45) is 0 Å². The molecule has 0 radical (unpaired) electrons. The molecule has 0 spiro atoms. The summed E-state index contributed by atoms with van der Waals surface area (Å²) in [4.78, 5) is 24.8. The molecule has 4 nitrogen and oxygen atoms in total. The number of hydrogen-bond acceptors (Lipinski definition) is 2. The molecular formula is C13H15ClN2O2. The highest BCUT2D eigenvalue weighted by molar-refractivity contribution is 6.30. The number of benzene rings is 1. The maximum absolute atomic E-state index is 12.0. The maximum Gasteiger partial charge on any atom is 0.245 e. The van der Waals surface area contributed by atoms with Gasteiger partial charge >= 0.3 is 0 Å². The summed E-state index contributed by atoms with van der Waals surface area (Å²) in [6.45, 7) is 0.516. The quantitative estimate of drug-likeness (QED) is 0.903. The van der Waals surface area contributed by atoms with E-state index in [9.17, 15) is 9.59 Å². The van der Waals surface area contributed by atoms with Gasteiger partial charge in [-0.05, 0) is 24.1 Å². The number of carbonyl (C=O) groups is 2. The van der Waals surface area contributed by atoms with Gasteiger partial charge in [-0.15, -0.1) is 0 Å². The minimum absolute atomic E-state index is 0.0456. The topological polar surface area (TPSA) is 49.4 Å². The van der Waals surface area contributed by atoms with Crippen LogP contribution in [0.4, 0.5) is 0 Å². The zero-order chi connectivity index (χ0) is 13.1. The third-order valence-corrected chi connectivity index (χ3v) is 3.25. The van der Waals surface area contributed by atoms with Crippen molar-refractivity contribution in [3.05, 3.63) is 34.9 Å². The van der Waals surface area contributed by atoms with Gasteiger partial charge in [0.25, 0.3) is 0 Å². The second kappa shape index (κ2) is 5.40. The van der Waals surface area contributed by atoms with Crippen LogP contribution in [0, 0.1) is 0 Å². The SMILES string of the molecule is CN(Cc1ccc(Cl)cc1)C(=O)C1CCC(=O)N1. The molecule has 0 aromatic heterocycles. The number of nitrogens with one attached hydrogen (secondary N) is 1. The van der Waals surface area contributed by atoms with E-state index in [0.29, 0.717) is 24.4 Å². The van der Waals surface area contributed by atoms with Gasteiger partial charge in [-0.1, -0.05) is 23.7 Å². The predicted molar refractivity (Wildman–Crippen MR) is 69.1 cm³/mol. The first-order valence-electron chi connectivity index (χ1n) is 5.85. The van der Waals surface area contributed by atoms with Gasteiger partial charge in [0.15, 0.2) is 0 Å². The molecule has 0 aliphatic carbocycles. The van der Waals surface area contributed by atoms with E-state index in [4.69, 9.17) is 11.6 Å². The molecule has 96 valence electrons. The monoisotopic (exact) mass is 266 g/mol. The van der Waals surface area contributed by atoms with Crippen LogP contribution in [0.5, 0.6) is 0 Å². The van der Waals surface area contributed by atoms with Crippen molar-refractivity contribution in [2.45, 2.75) is 25.4 Å². The maximum atomic E-state index is 12.0. The lowest BCUT2D eigenvalue weighted by molar-refractivity contribution is -0.133. The molecule has 1 aromatic rings. The van der Waals surface area contributed by atoms with Crippen LogP contribution < -0.4 is 5.32 Å². The fourth-order valence-electron chi connectivity index (χ4n) is 2.01. The number of likely N-dealkylation sites (N-methyl/N-ethyl adjacent to an activating group) is 1. The first-order valence-corrected chi connectivity index (χ1v) is 6.23. The van der Waals surface area contributed by atoms with E-state index in [1.54, 1.807) is 24.1 Å². The molecule has 0 bridgehead atoms. The van der Waals surface area contributed by atoms with Crippen LogP contribution >= 0.6 is 11.6 Å². The second-order valence-electron chi connectivity index (χ2n) is 4.48. The molecule has 2 rings (SSSR count). The van der Waals surface area contributed by atoms with Crippen LogP contribution in [0.3, 0.4) is 0 Å². The highest BCUT2D eigenvalue weighted by atomic mass is 35.5. The molecular weight excluding hydrogens is 252 g/mol. The number of halogens is 1. The normalized spacial score (nSPS) is 18.6. The van der Waals surface area contributed by atoms with E-state index in [1.165, 1.54) is 0 Å². The largest absolute Gasteiger partial charge is 0.344 e. The van der Waals surface area contributed by atoms with E-state index in [2.05, 4.69) is 5.32 Å². The zero-order valence-electron chi connectivity index (χ0n) is 10.1. The lowest BCUT2D eigenvalue weighted by Gasteiger charge is -2.21. The molecule has 1 aliphatic heterocycles. The molecule has 18 heavy (non-hydrogen) atoms. The molecule has 2 amide bonds. The lowest BCUT2D eigenvalue weighted by Crippen LogP contribution is -2.42. The van der Waals surface area contributed by atoms with Crippen LogP contribution in [0.1, 0.15) is 18.4 Å². The number of amides is 2. The average molecular weight is 267 g/mol. The van der Waals surface area contributed by atoms with Crippen LogP contribution in [-0.2, 0) is 16.1 Å². The van der Waals surface area contributed by atoms with Crippen LogP contribution in [0.25, 0.3) is 0 Å². The van der Waals surface area contributed by atoms with E-state index in [-0.39, 0.29) is 17.9 Å². The zero-order valence-corrected chi connectivity index (χ0v) is 10.9. The van der Waals surface area contributed by atoms with Crippen molar-refractivity contribution in [3.8, 4) is 0 Å². The minimum atomic E-state index is -0.366. The summed E-state index contributed by atoms with van der Waals surface area (Å²) in [5.41, 5.74) is 1.01. The first-order chi connectivity index (χ1) is 8.56. The van der Waals surface area contributed by atoms with Crippen molar-refractivity contribution in [1.82, 2.24) is 10.2 Å². The Labute approximate surface area is 111 Å². The Bertz CT molecular complexity index is 459. The molecule has 1 saturated heterocycles. The standard InChI is InChI=1S/C13H15ClN2O2/c1-16(8-9-2-4-10(14)5-3-9)13(18)11-6-7-12(17)15-11/h2-5,11H,6-8H2,1H3,(H,15,17). The third-order valence-electron chi connectivity index (χ3n) is 3.00. The van der Waals surface area contributed by atoms with E-state index in [0.717, 1.165) is 5.56 Å². The molecule has 1 fully saturated rings. The summed E-state index contributed by atoms with van der Waals surface area (Å²) >= 11 is 5.80. The first kappa shape index (κ1) is 12.9. The van der Waals surface area contributed by atoms with Gasteiger partial charge in [0.05, 0.1) is 0 Å². The van der Waals surface area contributed by atoms with Crippen molar-refractivity contribution < 1.29 is 9.59 Å². The third kappa shape index (κ3) is 3.01. The summed E-state index contributed by atoms with van der Waals surface area (Å²) in [6.07, 6.45) is 1.02. The van der Waals surface area contributed by atoms with Crippen LogP contribution in [0.2, 0.25) is 5.02 Å². The summed E-state index contributed by atoms with van der Waals surface area (Å²) in [5.74, 6) is -0.0935. The smallest absolute Gasteiger partial charge is 0.245 e. The van der Waals surface area contributed by atoms with E-state index < -0.39 is 0 Å². The molecule has 1 N–H and O–H groups in total. The predicted octanol–water partition coefficient (Wildman–Crippen LogP) is 1.58. The Morgan fingerprint density at radius 3 is 2.67 bits per heavy atom. The minimum Gasteiger partial charge on any atom is -0.344 e. The molecule has 1 aromatic carbocycles. The van der Waals surface area contributed by atoms with Gasteiger partial charge in [0.1, 0.15) is 6.04 Å². The van der Waals surface area contributed by atoms with Crippen molar-refractivity contribution in [3.63, 3.8) is 0 Å². The molecule has 1 heterocycles. The molecule has 0 saturated carbocycles. The second-order valence-corrected chi connectivity index (χ2v) is 4.92. The fraction of sp³-hybridized carbons (Fsp3) is 0.385. The van der Waals surface area contributed by atoms with E-state index in [1.807, 2.05) is 12.1 Å². The Balaban J connectivity index is 1.95. The summed E-state index contributed by atoms with van der Waals surface area (Å²) in [6, 6.07) is 7.01. The number of nitrogens with zero attached hydrogens (tertiary/aromatic N) is 1. The Hall–Kier alpha value is -1.55. The molecule has 1 atom stereocenters. The van der Waals surface area contributed by atoms with Gasteiger partial charge in [-0.2, -0.15) is 0 Å². The summed E-state index contributed by atoms with van der Waals surface area (Å²) in [5, 5.41) is 3.35. The Morgan fingerprint density at radius 1 is 1.44 bits per heavy atom. The number of hydrogen-bond donors (Lipinski definition) is 1. The van der Waals surface area contributed by atoms with Crippen LogP contribution in [-0.4, -0.2) is 29.8 Å². The lowest BCUT2D eigenvalue weighted by atomic mass is 10.1. The Morgan fingerprint density at radius 2 is 2.11 bits per heavy atom. The highest BCUT2D eigenvalue weighted by Gasteiger charge is 2.29. The fourth-order valence-corrected chi connectivity index (χ4v) is 2.13. The summed E-state index contributed by atoms with van der Waals surface area (Å²) < 4.78 is 0. The van der Waals surface area contributed by atoms with Gasteiger partial charge in [-0.25, -0.2) is 0 Å². The molecule has 1 aliphatic rings. The van der Waals surface area contributed by atoms with Crippen molar-refractivity contribution in [1.29, 1.82) is 0 Å². The van der Waals surface area contributed by atoms with Gasteiger partial charge in [-0.3, -0.25) is 9.59 Å².